The average molecular weight is 381 g/mol. The van der Waals surface area contributed by atoms with E-state index in [1.807, 2.05) is 20.8 Å². The summed E-state index contributed by atoms with van der Waals surface area (Å²) in [7, 11) is -3.58. The number of sulfonamides is 1. The topological polar surface area (TPSA) is 71.8 Å². The van der Waals surface area contributed by atoms with E-state index in [-0.39, 0.29) is 21.8 Å². The van der Waals surface area contributed by atoms with Crippen LogP contribution < -0.4 is 5.32 Å². The molecule has 0 radical (unpaired) electrons. The van der Waals surface area contributed by atoms with E-state index in [2.05, 4.69) is 21.2 Å². The minimum absolute atomic E-state index is 0.115. The largest absolute Gasteiger partial charge is 0.452 e. The number of rotatable bonds is 5. The van der Waals surface area contributed by atoms with E-state index in [0.717, 1.165) is 6.54 Å². The summed E-state index contributed by atoms with van der Waals surface area (Å²) in [6.07, 6.45) is -0.231. The fourth-order valence-electron chi connectivity index (χ4n) is 2.38. The van der Waals surface area contributed by atoms with Crippen LogP contribution in [0.2, 0.25) is 0 Å². The Hall–Kier alpha value is -0.410. The van der Waals surface area contributed by atoms with Gasteiger partial charge in [-0.05, 0) is 36.3 Å². The summed E-state index contributed by atoms with van der Waals surface area (Å²) in [6.45, 7) is 7.73. The molecule has 21 heavy (non-hydrogen) atoms. The van der Waals surface area contributed by atoms with Crippen LogP contribution >= 0.6 is 15.9 Å². The van der Waals surface area contributed by atoms with Gasteiger partial charge in [-0.3, -0.25) is 0 Å². The minimum Gasteiger partial charge on any atom is -0.452 e. The van der Waals surface area contributed by atoms with Gasteiger partial charge in [0.1, 0.15) is 10.7 Å². The fourth-order valence-corrected chi connectivity index (χ4v) is 4.93. The number of hydrogen-bond acceptors (Lipinski definition) is 5. The molecule has 2 atom stereocenters. The highest BCUT2D eigenvalue weighted by Gasteiger charge is 2.34. The van der Waals surface area contributed by atoms with Gasteiger partial charge in [0, 0.05) is 19.2 Å². The molecule has 0 aliphatic carbocycles. The van der Waals surface area contributed by atoms with Gasteiger partial charge in [-0.25, -0.2) is 8.42 Å². The number of ether oxygens (including phenoxy) is 1. The second-order valence-electron chi connectivity index (χ2n) is 5.21. The van der Waals surface area contributed by atoms with Crippen LogP contribution in [0.15, 0.2) is 20.0 Å². The van der Waals surface area contributed by atoms with E-state index < -0.39 is 10.0 Å². The molecule has 0 amide bonds. The number of furan rings is 1. The van der Waals surface area contributed by atoms with Crippen molar-refractivity contribution in [2.75, 3.05) is 19.6 Å². The Morgan fingerprint density at radius 2 is 2.00 bits per heavy atom. The lowest BCUT2D eigenvalue weighted by Gasteiger charge is -2.34. The molecule has 1 fully saturated rings. The summed E-state index contributed by atoms with van der Waals surface area (Å²) in [4.78, 5) is 0.178. The van der Waals surface area contributed by atoms with Crippen LogP contribution in [0.1, 0.15) is 26.5 Å². The third kappa shape index (κ3) is 3.87. The van der Waals surface area contributed by atoms with Crippen LogP contribution in [-0.2, 0) is 21.3 Å². The van der Waals surface area contributed by atoms with E-state index in [0.29, 0.717) is 25.4 Å². The molecule has 1 saturated heterocycles. The Bertz CT molecular complexity index is 577. The van der Waals surface area contributed by atoms with Gasteiger partial charge in [0.2, 0.25) is 10.0 Å². The van der Waals surface area contributed by atoms with Crippen LogP contribution in [0.25, 0.3) is 0 Å². The highest BCUT2D eigenvalue weighted by Crippen LogP contribution is 2.30. The van der Waals surface area contributed by atoms with E-state index in [4.69, 9.17) is 9.15 Å². The summed E-state index contributed by atoms with van der Waals surface area (Å²) in [5, 5.41) is 3.11. The highest BCUT2D eigenvalue weighted by molar-refractivity contribution is 9.10. The second-order valence-corrected chi connectivity index (χ2v) is 7.84. The van der Waals surface area contributed by atoms with Crippen molar-refractivity contribution in [3.63, 3.8) is 0 Å². The van der Waals surface area contributed by atoms with Crippen molar-refractivity contribution in [1.29, 1.82) is 0 Å². The van der Waals surface area contributed by atoms with E-state index >= 15 is 0 Å². The van der Waals surface area contributed by atoms with Gasteiger partial charge in [0.15, 0.2) is 4.67 Å². The summed E-state index contributed by atoms with van der Waals surface area (Å²) in [5.41, 5.74) is 0. The van der Waals surface area contributed by atoms with Crippen molar-refractivity contribution in [2.45, 2.75) is 44.4 Å². The van der Waals surface area contributed by atoms with Crippen molar-refractivity contribution in [3.05, 3.63) is 16.5 Å². The molecule has 0 aromatic carbocycles. The molecule has 0 unspecified atom stereocenters. The van der Waals surface area contributed by atoms with Crippen molar-refractivity contribution in [2.24, 2.45) is 0 Å². The molecule has 0 spiro atoms. The SMILES string of the molecule is CCNCc1cc(S(=O)(=O)N2C[C@@H](C)O[C@@H](C)C2)c(Br)o1. The predicted molar refractivity (Wildman–Crippen MR) is 82.6 cm³/mol. The Balaban J connectivity index is 2.24. The van der Waals surface area contributed by atoms with Gasteiger partial charge >= 0.3 is 0 Å². The first-order valence-electron chi connectivity index (χ1n) is 6.99. The van der Waals surface area contributed by atoms with Crippen LogP contribution in [0.5, 0.6) is 0 Å². The van der Waals surface area contributed by atoms with Crippen molar-refractivity contribution >= 4 is 26.0 Å². The number of nitrogens with zero attached hydrogens (tertiary/aromatic N) is 1. The zero-order valence-electron chi connectivity index (χ0n) is 12.4. The van der Waals surface area contributed by atoms with Crippen LogP contribution in [0.4, 0.5) is 0 Å². The molecule has 1 aromatic heterocycles. The summed E-state index contributed by atoms with van der Waals surface area (Å²) in [5.74, 6) is 0.594. The molecular weight excluding hydrogens is 360 g/mol. The first-order valence-corrected chi connectivity index (χ1v) is 9.22. The lowest BCUT2D eigenvalue weighted by atomic mass is 10.3. The number of nitrogens with one attached hydrogen (secondary N) is 1. The fraction of sp³-hybridized carbons (Fsp3) is 0.692. The maximum atomic E-state index is 12.7. The number of hydrogen-bond donors (Lipinski definition) is 1. The highest BCUT2D eigenvalue weighted by atomic mass is 79.9. The standard InChI is InChI=1S/C13H21BrN2O4S/c1-4-15-6-11-5-12(13(14)20-11)21(17,18)16-7-9(2)19-10(3)8-16/h5,9-10,15H,4,6-8H2,1-3H3/t9-,10+. The van der Waals surface area contributed by atoms with Crippen LogP contribution in [0, 0.1) is 0 Å². The zero-order chi connectivity index (χ0) is 15.6. The molecule has 8 heteroatoms. The predicted octanol–water partition coefficient (Wildman–Crippen LogP) is 1.95. The van der Waals surface area contributed by atoms with Crippen LogP contribution in [0.3, 0.4) is 0 Å². The lowest BCUT2D eigenvalue weighted by molar-refractivity contribution is -0.0441. The molecule has 1 aliphatic rings. The maximum absolute atomic E-state index is 12.7. The third-order valence-electron chi connectivity index (χ3n) is 3.26. The Morgan fingerprint density at radius 1 is 1.38 bits per heavy atom. The summed E-state index contributed by atoms with van der Waals surface area (Å²) in [6, 6.07) is 1.58. The maximum Gasteiger partial charge on any atom is 0.247 e. The zero-order valence-corrected chi connectivity index (χ0v) is 14.8. The minimum atomic E-state index is -3.58. The Kier molecular flexibility index (Phi) is 5.48. The molecule has 2 rings (SSSR count). The third-order valence-corrected chi connectivity index (χ3v) is 5.95. The Morgan fingerprint density at radius 3 is 2.57 bits per heavy atom. The summed E-state index contributed by atoms with van der Waals surface area (Å²) < 4.78 is 38.3. The molecule has 0 bridgehead atoms. The van der Waals surface area contributed by atoms with E-state index in [1.165, 1.54) is 4.31 Å². The van der Waals surface area contributed by atoms with Gasteiger partial charge in [-0.15, -0.1) is 0 Å². The van der Waals surface area contributed by atoms with Crippen LogP contribution in [-0.4, -0.2) is 44.6 Å². The molecule has 1 aliphatic heterocycles. The van der Waals surface area contributed by atoms with Crippen molar-refractivity contribution in [1.82, 2.24) is 9.62 Å². The quantitative estimate of drug-likeness (QED) is 0.844. The normalized spacial score (nSPS) is 24.4. The molecule has 1 N–H and O–H groups in total. The second kappa shape index (κ2) is 6.78. The smallest absolute Gasteiger partial charge is 0.247 e. The number of morpholine rings is 1. The number of halogens is 1. The average Bonchev–Trinajstić information content (AvgIpc) is 2.77. The van der Waals surface area contributed by atoms with Gasteiger partial charge in [0.05, 0.1) is 18.8 Å². The van der Waals surface area contributed by atoms with E-state index in [1.54, 1.807) is 6.07 Å². The lowest BCUT2D eigenvalue weighted by Crippen LogP contribution is -2.48. The molecular formula is C13H21BrN2O4S. The van der Waals surface area contributed by atoms with Gasteiger partial charge < -0.3 is 14.5 Å². The van der Waals surface area contributed by atoms with Gasteiger partial charge in [-0.2, -0.15) is 4.31 Å². The molecule has 2 heterocycles. The summed E-state index contributed by atoms with van der Waals surface area (Å²) >= 11 is 3.21. The van der Waals surface area contributed by atoms with Gasteiger partial charge in [0.25, 0.3) is 0 Å². The van der Waals surface area contributed by atoms with Gasteiger partial charge in [-0.1, -0.05) is 6.92 Å². The molecule has 0 saturated carbocycles. The molecule has 120 valence electrons. The van der Waals surface area contributed by atoms with Crippen molar-refractivity contribution < 1.29 is 17.6 Å². The first kappa shape index (κ1) is 17.0. The Labute approximate surface area is 134 Å². The molecule has 1 aromatic rings. The first-order chi connectivity index (χ1) is 9.84. The van der Waals surface area contributed by atoms with E-state index in [9.17, 15) is 8.42 Å². The monoisotopic (exact) mass is 380 g/mol. The molecule has 6 nitrogen and oxygen atoms in total. The van der Waals surface area contributed by atoms with Crippen molar-refractivity contribution in [3.8, 4) is 0 Å².